The van der Waals surface area contributed by atoms with E-state index in [9.17, 15) is 9.18 Å². The van der Waals surface area contributed by atoms with Crippen LogP contribution in [0.1, 0.15) is 30.0 Å². The molecule has 1 atom stereocenters. The van der Waals surface area contributed by atoms with Gasteiger partial charge in [0.15, 0.2) is 0 Å². The van der Waals surface area contributed by atoms with E-state index >= 15 is 0 Å². The van der Waals surface area contributed by atoms with E-state index in [0.29, 0.717) is 12.1 Å². The number of hydrogen-bond donors (Lipinski definition) is 1. The zero-order valence-electron chi connectivity index (χ0n) is 12.3. The predicted molar refractivity (Wildman–Crippen MR) is 84.6 cm³/mol. The number of carbonyl (C=O) groups is 1. The summed E-state index contributed by atoms with van der Waals surface area (Å²) in [5.41, 5.74) is 8.18. The zero-order valence-corrected chi connectivity index (χ0v) is 12.3. The van der Waals surface area contributed by atoms with Gasteiger partial charge in [0.1, 0.15) is 5.82 Å². The normalized spacial score (nSPS) is 17.7. The first-order chi connectivity index (χ1) is 10.6. The average molecular weight is 298 g/mol. The third-order valence-electron chi connectivity index (χ3n) is 4.14. The number of nitrogen functional groups attached to an aromatic ring is 1. The fraction of sp³-hybridized carbons (Fsp3) is 0.278. The molecule has 3 nitrogen and oxygen atoms in total. The maximum Gasteiger partial charge on any atom is 0.227 e. The molecule has 2 aromatic carbocycles. The summed E-state index contributed by atoms with van der Waals surface area (Å²) < 4.78 is 13.4. The molecule has 22 heavy (non-hydrogen) atoms. The monoisotopic (exact) mass is 298 g/mol. The van der Waals surface area contributed by atoms with Crippen molar-refractivity contribution in [3.05, 3.63) is 65.5 Å². The second-order valence-electron chi connectivity index (χ2n) is 5.72. The number of halogens is 1. The number of likely N-dealkylation sites (tertiary alicyclic amines) is 1. The molecule has 0 aliphatic carbocycles. The van der Waals surface area contributed by atoms with Crippen molar-refractivity contribution < 1.29 is 9.18 Å². The Morgan fingerprint density at radius 2 is 2.00 bits per heavy atom. The Morgan fingerprint density at radius 3 is 2.73 bits per heavy atom. The van der Waals surface area contributed by atoms with Gasteiger partial charge in [-0.3, -0.25) is 4.79 Å². The van der Waals surface area contributed by atoms with Gasteiger partial charge in [-0.2, -0.15) is 0 Å². The molecular weight excluding hydrogens is 279 g/mol. The van der Waals surface area contributed by atoms with Crippen molar-refractivity contribution in [1.29, 1.82) is 0 Å². The number of amides is 1. The van der Waals surface area contributed by atoms with Crippen LogP contribution in [0.25, 0.3) is 0 Å². The molecular formula is C18H19FN2O. The van der Waals surface area contributed by atoms with Gasteiger partial charge in [-0.15, -0.1) is 0 Å². The number of rotatable bonds is 3. The minimum absolute atomic E-state index is 0.0167. The first-order valence-electron chi connectivity index (χ1n) is 7.53. The van der Waals surface area contributed by atoms with Gasteiger partial charge in [0, 0.05) is 12.2 Å². The maximum atomic E-state index is 13.4. The summed E-state index contributed by atoms with van der Waals surface area (Å²) >= 11 is 0. The summed E-state index contributed by atoms with van der Waals surface area (Å²) in [6.07, 6.45) is 2.19. The van der Waals surface area contributed by atoms with Crippen LogP contribution in [0.2, 0.25) is 0 Å². The largest absolute Gasteiger partial charge is 0.399 e. The van der Waals surface area contributed by atoms with Gasteiger partial charge in [0.25, 0.3) is 0 Å². The first-order valence-corrected chi connectivity index (χ1v) is 7.53. The number of carbonyl (C=O) groups excluding carboxylic acids is 1. The third-order valence-corrected chi connectivity index (χ3v) is 4.14. The molecule has 1 amide bonds. The van der Waals surface area contributed by atoms with Crippen LogP contribution < -0.4 is 5.73 Å². The second-order valence-corrected chi connectivity index (χ2v) is 5.72. The Balaban J connectivity index is 1.75. The van der Waals surface area contributed by atoms with Gasteiger partial charge in [0.2, 0.25) is 5.91 Å². The standard InChI is InChI=1S/C18H19FN2O/c19-15-4-1-3-14(12-15)17-5-2-10-21(17)18(22)11-13-6-8-16(20)9-7-13/h1,3-4,6-9,12,17H,2,5,10-11,20H2. The van der Waals surface area contributed by atoms with E-state index in [0.717, 1.165) is 30.5 Å². The van der Waals surface area contributed by atoms with Crippen molar-refractivity contribution in [3.63, 3.8) is 0 Å². The van der Waals surface area contributed by atoms with Gasteiger partial charge in [-0.25, -0.2) is 4.39 Å². The Bertz CT molecular complexity index is 669. The van der Waals surface area contributed by atoms with Crippen LogP contribution in [-0.2, 0) is 11.2 Å². The topological polar surface area (TPSA) is 46.3 Å². The minimum Gasteiger partial charge on any atom is -0.399 e. The molecule has 0 radical (unpaired) electrons. The molecule has 1 aliphatic heterocycles. The Hall–Kier alpha value is -2.36. The van der Waals surface area contributed by atoms with E-state index < -0.39 is 0 Å². The van der Waals surface area contributed by atoms with E-state index in [1.54, 1.807) is 18.2 Å². The fourth-order valence-electron chi connectivity index (χ4n) is 3.04. The molecule has 1 saturated heterocycles. The molecule has 0 bridgehead atoms. The molecule has 0 saturated carbocycles. The highest BCUT2D eigenvalue weighted by Crippen LogP contribution is 2.32. The summed E-state index contributed by atoms with van der Waals surface area (Å²) in [5.74, 6) is -0.174. The van der Waals surface area contributed by atoms with E-state index in [2.05, 4.69) is 0 Å². The molecule has 1 unspecified atom stereocenters. The lowest BCUT2D eigenvalue weighted by molar-refractivity contribution is -0.131. The highest BCUT2D eigenvalue weighted by atomic mass is 19.1. The molecule has 1 aliphatic rings. The molecule has 3 rings (SSSR count). The Labute approximate surface area is 129 Å². The first kappa shape index (κ1) is 14.6. The van der Waals surface area contributed by atoms with Crippen LogP contribution in [-0.4, -0.2) is 17.4 Å². The predicted octanol–water partition coefficient (Wildman–Crippen LogP) is 3.31. The lowest BCUT2D eigenvalue weighted by Gasteiger charge is -2.25. The summed E-state index contributed by atoms with van der Waals surface area (Å²) in [4.78, 5) is 14.4. The Kier molecular flexibility index (Phi) is 4.09. The van der Waals surface area contributed by atoms with Crippen LogP contribution >= 0.6 is 0 Å². The molecule has 0 spiro atoms. The number of anilines is 1. The van der Waals surface area contributed by atoms with Crippen molar-refractivity contribution in [2.45, 2.75) is 25.3 Å². The molecule has 2 N–H and O–H groups in total. The number of nitrogens with two attached hydrogens (primary N) is 1. The van der Waals surface area contributed by atoms with Crippen LogP contribution in [0.4, 0.5) is 10.1 Å². The summed E-state index contributed by atoms with van der Waals surface area (Å²) in [7, 11) is 0. The van der Waals surface area contributed by atoms with E-state index in [4.69, 9.17) is 5.73 Å². The number of benzene rings is 2. The summed E-state index contributed by atoms with van der Waals surface area (Å²) in [6, 6.07) is 13.9. The van der Waals surface area contributed by atoms with Crippen molar-refractivity contribution in [1.82, 2.24) is 4.90 Å². The van der Waals surface area contributed by atoms with Crippen LogP contribution in [0.5, 0.6) is 0 Å². The van der Waals surface area contributed by atoms with Crippen molar-refractivity contribution in [2.24, 2.45) is 0 Å². The second kappa shape index (κ2) is 6.18. The third kappa shape index (κ3) is 3.11. The van der Waals surface area contributed by atoms with Gasteiger partial charge in [-0.05, 0) is 48.2 Å². The zero-order chi connectivity index (χ0) is 15.5. The van der Waals surface area contributed by atoms with E-state index in [-0.39, 0.29) is 17.8 Å². The fourth-order valence-corrected chi connectivity index (χ4v) is 3.04. The number of nitrogens with zero attached hydrogens (tertiary/aromatic N) is 1. The van der Waals surface area contributed by atoms with Gasteiger partial charge < -0.3 is 10.6 Å². The lowest BCUT2D eigenvalue weighted by Crippen LogP contribution is -2.31. The lowest BCUT2D eigenvalue weighted by atomic mass is 10.0. The van der Waals surface area contributed by atoms with E-state index in [1.165, 1.54) is 12.1 Å². The smallest absolute Gasteiger partial charge is 0.227 e. The van der Waals surface area contributed by atoms with Gasteiger partial charge >= 0.3 is 0 Å². The van der Waals surface area contributed by atoms with Crippen molar-refractivity contribution >= 4 is 11.6 Å². The molecule has 2 aromatic rings. The quantitative estimate of drug-likeness (QED) is 0.884. The Morgan fingerprint density at radius 1 is 1.23 bits per heavy atom. The van der Waals surface area contributed by atoms with Gasteiger partial charge in [-0.1, -0.05) is 24.3 Å². The van der Waals surface area contributed by atoms with Crippen LogP contribution in [0.15, 0.2) is 48.5 Å². The molecule has 4 heteroatoms. The van der Waals surface area contributed by atoms with Gasteiger partial charge in [0.05, 0.1) is 12.5 Å². The van der Waals surface area contributed by atoms with E-state index in [1.807, 2.05) is 23.1 Å². The number of hydrogen-bond acceptors (Lipinski definition) is 2. The van der Waals surface area contributed by atoms with Crippen molar-refractivity contribution in [3.8, 4) is 0 Å². The summed E-state index contributed by atoms with van der Waals surface area (Å²) in [6.45, 7) is 0.731. The minimum atomic E-state index is -0.254. The highest BCUT2D eigenvalue weighted by molar-refractivity contribution is 5.79. The SMILES string of the molecule is Nc1ccc(CC(=O)N2CCCC2c2cccc(F)c2)cc1. The van der Waals surface area contributed by atoms with Crippen molar-refractivity contribution in [2.75, 3.05) is 12.3 Å². The van der Waals surface area contributed by atoms with Crippen LogP contribution in [0, 0.1) is 5.82 Å². The highest BCUT2D eigenvalue weighted by Gasteiger charge is 2.29. The molecule has 1 heterocycles. The summed E-state index contributed by atoms with van der Waals surface area (Å²) in [5, 5.41) is 0. The molecule has 114 valence electrons. The molecule has 1 fully saturated rings. The van der Waals surface area contributed by atoms with Crippen LogP contribution in [0.3, 0.4) is 0 Å². The average Bonchev–Trinajstić information content (AvgIpc) is 2.99. The molecule has 0 aromatic heterocycles. The maximum absolute atomic E-state index is 13.4.